The third-order valence-corrected chi connectivity index (χ3v) is 4.03. The van der Waals surface area contributed by atoms with Gasteiger partial charge in [-0.25, -0.2) is 4.79 Å². The number of rotatable bonds is 4. The fourth-order valence-corrected chi connectivity index (χ4v) is 2.89. The van der Waals surface area contributed by atoms with Crippen molar-refractivity contribution in [2.75, 3.05) is 19.7 Å². The quantitative estimate of drug-likeness (QED) is 0.800. The van der Waals surface area contributed by atoms with Crippen molar-refractivity contribution in [3.63, 3.8) is 0 Å². The van der Waals surface area contributed by atoms with Gasteiger partial charge in [0.05, 0.1) is 6.10 Å². The molecule has 5 heteroatoms. The Bertz CT molecular complexity index is 382. The molecule has 0 spiro atoms. The van der Waals surface area contributed by atoms with E-state index in [1.165, 1.54) is 0 Å². The van der Waals surface area contributed by atoms with E-state index in [4.69, 9.17) is 9.47 Å². The number of Topliss-reactive ketones (excluding diaryl/α,β-unsaturated/α-hetero) is 1. The molecule has 0 aliphatic carbocycles. The van der Waals surface area contributed by atoms with E-state index in [1.807, 2.05) is 20.8 Å². The summed E-state index contributed by atoms with van der Waals surface area (Å²) in [7, 11) is 0. The Hall–Kier alpha value is -1.10. The number of amides is 1. The SMILES string of the molecule is CC(C)(C)OC(=O)N1CCC(C(=O)CCC2CCCO2)C1. The van der Waals surface area contributed by atoms with Crippen molar-refractivity contribution in [3.05, 3.63) is 0 Å². The summed E-state index contributed by atoms with van der Waals surface area (Å²) in [5.41, 5.74) is -0.487. The summed E-state index contributed by atoms with van der Waals surface area (Å²) < 4.78 is 10.9. The first-order valence-corrected chi connectivity index (χ1v) is 7.97. The Labute approximate surface area is 127 Å². The van der Waals surface area contributed by atoms with Gasteiger partial charge in [0.2, 0.25) is 0 Å². The van der Waals surface area contributed by atoms with Gasteiger partial charge in [-0.05, 0) is 46.5 Å². The lowest BCUT2D eigenvalue weighted by molar-refractivity contribution is -0.123. The van der Waals surface area contributed by atoms with Gasteiger partial charge in [0.1, 0.15) is 11.4 Å². The van der Waals surface area contributed by atoms with Gasteiger partial charge in [0.25, 0.3) is 0 Å². The van der Waals surface area contributed by atoms with E-state index in [0.717, 1.165) is 32.3 Å². The molecular formula is C16H27NO4. The van der Waals surface area contributed by atoms with E-state index in [9.17, 15) is 9.59 Å². The highest BCUT2D eigenvalue weighted by Gasteiger charge is 2.33. The second-order valence-electron chi connectivity index (χ2n) is 7.05. The number of nitrogens with zero attached hydrogens (tertiary/aromatic N) is 1. The largest absolute Gasteiger partial charge is 0.444 e. The summed E-state index contributed by atoms with van der Waals surface area (Å²) in [6.45, 7) is 7.50. The average Bonchev–Trinajstić information content (AvgIpc) is 3.05. The number of carbonyl (C=O) groups is 2. The number of ether oxygens (including phenoxy) is 2. The van der Waals surface area contributed by atoms with Gasteiger partial charge in [-0.2, -0.15) is 0 Å². The van der Waals surface area contributed by atoms with Gasteiger partial charge in [0, 0.05) is 32.0 Å². The van der Waals surface area contributed by atoms with Crippen molar-refractivity contribution in [1.82, 2.24) is 4.90 Å². The van der Waals surface area contributed by atoms with Crippen LogP contribution in [0.2, 0.25) is 0 Å². The number of hydrogen-bond donors (Lipinski definition) is 0. The monoisotopic (exact) mass is 297 g/mol. The fourth-order valence-electron chi connectivity index (χ4n) is 2.89. The molecule has 0 bridgehead atoms. The van der Waals surface area contributed by atoms with Crippen LogP contribution in [0, 0.1) is 5.92 Å². The van der Waals surface area contributed by atoms with Crippen LogP contribution in [0.25, 0.3) is 0 Å². The van der Waals surface area contributed by atoms with Crippen molar-refractivity contribution in [3.8, 4) is 0 Å². The third kappa shape index (κ3) is 4.99. The first-order valence-electron chi connectivity index (χ1n) is 7.97. The van der Waals surface area contributed by atoms with Crippen LogP contribution in [0.3, 0.4) is 0 Å². The van der Waals surface area contributed by atoms with Crippen molar-refractivity contribution in [1.29, 1.82) is 0 Å². The first kappa shape index (κ1) is 16.3. The highest BCUT2D eigenvalue weighted by Crippen LogP contribution is 2.23. The molecule has 2 unspecified atom stereocenters. The molecule has 2 aliphatic heterocycles. The summed E-state index contributed by atoms with van der Waals surface area (Å²) in [5, 5.41) is 0. The molecular weight excluding hydrogens is 270 g/mol. The van der Waals surface area contributed by atoms with Crippen LogP contribution >= 0.6 is 0 Å². The zero-order chi connectivity index (χ0) is 15.5. The average molecular weight is 297 g/mol. The number of ketones is 1. The zero-order valence-corrected chi connectivity index (χ0v) is 13.4. The first-order chi connectivity index (χ1) is 9.85. The van der Waals surface area contributed by atoms with Crippen molar-refractivity contribution >= 4 is 11.9 Å². The lowest BCUT2D eigenvalue weighted by atomic mass is 9.97. The Balaban J connectivity index is 1.73. The van der Waals surface area contributed by atoms with E-state index >= 15 is 0 Å². The molecule has 0 aromatic heterocycles. The molecule has 0 N–H and O–H groups in total. The van der Waals surface area contributed by atoms with Gasteiger partial charge in [-0.3, -0.25) is 4.79 Å². The van der Waals surface area contributed by atoms with Gasteiger partial charge < -0.3 is 14.4 Å². The lowest BCUT2D eigenvalue weighted by Gasteiger charge is -2.24. The predicted octanol–water partition coefficient (Wildman–Crippen LogP) is 2.77. The second-order valence-corrected chi connectivity index (χ2v) is 7.05. The topological polar surface area (TPSA) is 55.8 Å². The van der Waals surface area contributed by atoms with Crippen LogP contribution < -0.4 is 0 Å². The molecule has 2 aliphatic rings. The molecule has 0 aromatic carbocycles. The van der Waals surface area contributed by atoms with Crippen molar-refractivity contribution in [2.45, 2.75) is 64.6 Å². The number of likely N-dealkylation sites (tertiary alicyclic amines) is 1. The van der Waals surface area contributed by atoms with Crippen LogP contribution in [0.1, 0.15) is 52.9 Å². The van der Waals surface area contributed by atoms with Crippen LogP contribution in [-0.4, -0.2) is 48.2 Å². The molecule has 1 amide bonds. The minimum Gasteiger partial charge on any atom is -0.444 e. The standard InChI is InChI=1S/C16H27NO4/c1-16(2,3)21-15(19)17-9-8-12(11-17)14(18)7-6-13-5-4-10-20-13/h12-13H,4-11H2,1-3H3. The van der Waals surface area contributed by atoms with Crippen LogP contribution in [0.4, 0.5) is 4.79 Å². The molecule has 2 rings (SSSR count). The highest BCUT2D eigenvalue weighted by molar-refractivity contribution is 5.82. The maximum absolute atomic E-state index is 12.2. The Kier molecular flexibility index (Phi) is 5.25. The van der Waals surface area contributed by atoms with Gasteiger partial charge in [0.15, 0.2) is 0 Å². The summed E-state index contributed by atoms with van der Waals surface area (Å²) in [4.78, 5) is 25.8. The molecule has 120 valence electrons. The number of hydrogen-bond acceptors (Lipinski definition) is 4. The Morgan fingerprint density at radius 2 is 2.05 bits per heavy atom. The summed E-state index contributed by atoms with van der Waals surface area (Å²) >= 11 is 0. The van der Waals surface area contributed by atoms with Crippen LogP contribution in [0.15, 0.2) is 0 Å². The zero-order valence-electron chi connectivity index (χ0n) is 13.4. The molecule has 2 atom stereocenters. The molecule has 5 nitrogen and oxygen atoms in total. The lowest BCUT2D eigenvalue weighted by Crippen LogP contribution is -2.35. The smallest absolute Gasteiger partial charge is 0.410 e. The minimum absolute atomic E-state index is 0.0288. The molecule has 2 heterocycles. The minimum atomic E-state index is -0.487. The maximum Gasteiger partial charge on any atom is 0.410 e. The third-order valence-electron chi connectivity index (χ3n) is 4.03. The van der Waals surface area contributed by atoms with Gasteiger partial charge >= 0.3 is 6.09 Å². The normalized spacial score (nSPS) is 26.1. The maximum atomic E-state index is 12.2. The molecule has 2 saturated heterocycles. The van der Waals surface area contributed by atoms with Crippen LogP contribution in [0.5, 0.6) is 0 Å². The van der Waals surface area contributed by atoms with E-state index in [0.29, 0.717) is 19.5 Å². The molecule has 0 radical (unpaired) electrons. The van der Waals surface area contributed by atoms with E-state index in [-0.39, 0.29) is 23.9 Å². The van der Waals surface area contributed by atoms with E-state index in [1.54, 1.807) is 4.90 Å². The van der Waals surface area contributed by atoms with E-state index in [2.05, 4.69) is 0 Å². The van der Waals surface area contributed by atoms with Crippen molar-refractivity contribution < 1.29 is 19.1 Å². The molecule has 21 heavy (non-hydrogen) atoms. The predicted molar refractivity (Wildman–Crippen MR) is 79.1 cm³/mol. The van der Waals surface area contributed by atoms with E-state index < -0.39 is 5.60 Å². The van der Waals surface area contributed by atoms with Crippen molar-refractivity contribution in [2.24, 2.45) is 5.92 Å². The molecule has 0 aromatic rings. The second kappa shape index (κ2) is 6.77. The number of carbonyl (C=O) groups excluding carboxylic acids is 2. The molecule has 0 saturated carbocycles. The fraction of sp³-hybridized carbons (Fsp3) is 0.875. The van der Waals surface area contributed by atoms with Gasteiger partial charge in [-0.1, -0.05) is 0 Å². The van der Waals surface area contributed by atoms with Crippen LogP contribution in [-0.2, 0) is 14.3 Å². The van der Waals surface area contributed by atoms with Gasteiger partial charge in [-0.15, -0.1) is 0 Å². The highest BCUT2D eigenvalue weighted by atomic mass is 16.6. The summed E-state index contributed by atoms with van der Waals surface area (Å²) in [6.07, 6.45) is 4.27. The Morgan fingerprint density at radius 1 is 1.29 bits per heavy atom. The summed E-state index contributed by atoms with van der Waals surface area (Å²) in [6, 6.07) is 0. The Morgan fingerprint density at radius 3 is 2.67 bits per heavy atom. The summed E-state index contributed by atoms with van der Waals surface area (Å²) in [5.74, 6) is 0.232. The molecule has 2 fully saturated rings.